The lowest BCUT2D eigenvalue weighted by Gasteiger charge is -2.07. The lowest BCUT2D eigenvalue weighted by Crippen LogP contribution is -2.27. The average molecular weight is 386 g/mol. The Morgan fingerprint density at radius 1 is 1.20 bits per heavy atom. The van der Waals surface area contributed by atoms with Crippen LogP contribution in [-0.4, -0.2) is 45.3 Å². The van der Waals surface area contributed by atoms with Gasteiger partial charge < -0.3 is 14.8 Å². The summed E-state index contributed by atoms with van der Waals surface area (Å²) < 4.78 is 36.5. The summed E-state index contributed by atoms with van der Waals surface area (Å²) in [5.74, 6) is 0.195. The highest BCUT2D eigenvalue weighted by Crippen LogP contribution is 2.16. The van der Waals surface area contributed by atoms with Gasteiger partial charge in [-0.05, 0) is 24.3 Å². The molecule has 11 heteroatoms. The van der Waals surface area contributed by atoms with Crippen molar-refractivity contribution in [3.63, 3.8) is 0 Å². The van der Waals surface area contributed by atoms with Crippen molar-refractivity contribution in [2.45, 2.75) is 17.9 Å². The van der Waals surface area contributed by atoms with Crippen LogP contribution in [0.1, 0.15) is 11.4 Å². The van der Waals surface area contributed by atoms with E-state index in [-0.39, 0.29) is 23.8 Å². The molecule has 2 aromatic rings. The number of ether oxygens (including phenoxy) is 2. The molecule has 25 heavy (non-hydrogen) atoms. The lowest BCUT2D eigenvalue weighted by atomic mass is 10.3. The molecule has 0 aliphatic heterocycles. The number of hydrogen-bond acceptors (Lipinski definition) is 8. The lowest BCUT2D eigenvalue weighted by molar-refractivity contribution is -0.116. The number of anilines is 1. The Bertz CT molecular complexity index is 805. The van der Waals surface area contributed by atoms with E-state index < -0.39 is 10.0 Å². The minimum absolute atomic E-state index is 0.0332. The topological polar surface area (TPSA) is 120 Å². The number of amides is 1. The van der Waals surface area contributed by atoms with E-state index in [0.29, 0.717) is 22.5 Å². The summed E-state index contributed by atoms with van der Waals surface area (Å²) in [4.78, 5) is 11.9. The highest BCUT2D eigenvalue weighted by Gasteiger charge is 2.15. The van der Waals surface area contributed by atoms with E-state index in [4.69, 9.17) is 9.47 Å². The maximum Gasteiger partial charge on any atom is 0.240 e. The van der Waals surface area contributed by atoms with E-state index in [2.05, 4.69) is 20.2 Å². The standard InChI is InChI=1S/C14H18N4O5S2/c1-22-9-13-17-18-14(24-13)16-12(19)7-8-15-25(20,21)11-5-3-10(23-2)4-6-11/h3-6,15H,7-9H2,1-2H3,(H,16,18,19). The van der Waals surface area contributed by atoms with Crippen LogP contribution in [0.15, 0.2) is 29.2 Å². The van der Waals surface area contributed by atoms with Gasteiger partial charge in [-0.2, -0.15) is 0 Å². The zero-order valence-electron chi connectivity index (χ0n) is 13.7. The van der Waals surface area contributed by atoms with Crippen molar-refractivity contribution in [1.82, 2.24) is 14.9 Å². The molecule has 0 bridgehead atoms. The monoisotopic (exact) mass is 386 g/mol. The molecule has 2 N–H and O–H groups in total. The maximum atomic E-state index is 12.1. The van der Waals surface area contributed by atoms with E-state index in [9.17, 15) is 13.2 Å². The zero-order chi connectivity index (χ0) is 18.3. The Morgan fingerprint density at radius 3 is 2.56 bits per heavy atom. The van der Waals surface area contributed by atoms with Crippen LogP contribution >= 0.6 is 11.3 Å². The van der Waals surface area contributed by atoms with Crippen molar-refractivity contribution < 1.29 is 22.7 Å². The summed E-state index contributed by atoms with van der Waals surface area (Å²) in [6.45, 7) is 0.277. The third kappa shape index (κ3) is 5.74. The molecule has 1 amide bonds. The van der Waals surface area contributed by atoms with Crippen molar-refractivity contribution in [1.29, 1.82) is 0 Å². The summed E-state index contributed by atoms with van der Waals surface area (Å²) in [6.07, 6.45) is -0.0332. The van der Waals surface area contributed by atoms with Crippen molar-refractivity contribution >= 4 is 32.4 Å². The first-order chi connectivity index (χ1) is 11.9. The highest BCUT2D eigenvalue weighted by molar-refractivity contribution is 7.89. The molecule has 0 unspecified atom stereocenters. The Hall–Kier alpha value is -2.08. The van der Waals surface area contributed by atoms with Crippen LogP contribution in [-0.2, 0) is 26.2 Å². The zero-order valence-corrected chi connectivity index (χ0v) is 15.3. The highest BCUT2D eigenvalue weighted by atomic mass is 32.2. The number of carbonyl (C=O) groups excluding carboxylic acids is 1. The Labute approximate surface area is 149 Å². The van der Waals surface area contributed by atoms with Crippen LogP contribution in [0.5, 0.6) is 5.75 Å². The van der Waals surface area contributed by atoms with Crippen LogP contribution in [0.25, 0.3) is 0 Å². The predicted molar refractivity (Wildman–Crippen MR) is 92.1 cm³/mol. The van der Waals surface area contributed by atoms with Crippen LogP contribution in [0.3, 0.4) is 0 Å². The van der Waals surface area contributed by atoms with Gasteiger partial charge in [0.2, 0.25) is 21.1 Å². The van der Waals surface area contributed by atoms with Gasteiger partial charge in [0.15, 0.2) is 0 Å². The molecule has 136 valence electrons. The fraction of sp³-hybridized carbons (Fsp3) is 0.357. The quantitative estimate of drug-likeness (QED) is 0.660. The number of aromatic nitrogens is 2. The van der Waals surface area contributed by atoms with Gasteiger partial charge >= 0.3 is 0 Å². The van der Waals surface area contributed by atoms with E-state index in [1.165, 1.54) is 37.7 Å². The van der Waals surface area contributed by atoms with E-state index in [1.54, 1.807) is 12.1 Å². The third-order valence-electron chi connectivity index (χ3n) is 2.99. The summed E-state index contributed by atoms with van der Waals surface area (Å²) >= 11 is 1.20. The number of carbonyl (C=O) groups is 1. The number of methoxy groups -OCH3 is 2. The number of rotatable bonds is 9. The molecule has 0 aliphatic rings. The van der Waals surface area contributed by atoms with Gasteiger partial charge in [-0.15, -0.1) is 10.2 Å². The summed E-state index contributed by atoms with van der Waals surface area (Å²) in [5.41, 5.74) is 0. The van der Waals surface area contributed by atoms with Gasteiger partial charge in [0.05, 0.1) is 12.0 Å². The molecular weight excluding hydrogens is 368 g/mol. The normalized spacial score (nSPS) is 11.3. The van der Waals surface area contributed by atoms with E-state index in [1.807, 2.05) is 0 Å². The van der Waals surface area contributed by atoms with Gasteiger partial charge in [-0.25, -0.2) is 13.1 Å². The van der Waals surface area contributed by atoms with Crippen molar-refractivity contribution in [3.05, 3.63) is 29.3 Å². The smallest absolute Gasteiger partial charge is 0.240 e. The number of sulfonamides is 1. The van der Waals surface area contributed by atoms with Crippen molar-refractivity contribution in [3.8, 4) is 5.75 Å². The van der Waals surface area contributed by atoms with Crippen LogP contribution in [0, 0.1) is 0 Å². The number of hydrogen-bond donors (Lipinski definition) is 2. The SMILES string of the molecule is COCc1nnc(NC(=O)CCNS(=O)(=O)c2ccc(OC)cc2)s1. The molecule has 1 heterocycles. The number of nitrogens with zero attached hydrogens (tertiary/aromatic N) is 2. The molecule has 0 fully saturated rings. The minimum Gasteiger partial charge on any atom is -0.497 e. The maximum absolute atomic E-state index is 12.1. The Kier molecular flexibility index (Phi) is 6.82. The van der Waals surface area contributed by atoms with Gasteiger partial charge in [0.1, 0.15) is 17.4 Å². The van der Waals surface area contributed by atoms with Gasteiger partial charge in [0, 0.05) is 20.1 Å². The van der Waals surface area contributed by atoms with Crippen LogP contribution in [0.2, 0.25) is 0 Å². The minimum atomic E-state index is -3.68. The first-order valence-corrected chi connectivity index (χ1v) is 9.49. The van der Waals surface area contributed by atoms with E-state index >= 15 is 0 Å². The molecule has 0 spiro atoms. The largest absolute Gasteiger partial charge is 0.497 e. The van der Waals surface area contributed by atoms with E-state index in [0.717, 1.165) is 0 Å². The molecule has 0 atom stereocenters. The second-order valence-corrected chi connectivity index (χ2v) is 7.63. The second kappa shape index (κ2) is 8.85. The van der Waals surface area contributed by atoms with Gasteiger partial charge in [-0.1, -0.05) is 11.3 Å². The molecule has 1 aromatic carbocycles. The molecule has 0 aliphatic carbocycles. The first kappa shape index (κ1) is 19.2. The second-order valence-electron chi connectivity index (χ2n) is 4.81. The predicted octanol–water partition coefficient (Wildman–Crippen LogP) is 1.00. The average Bonchev–Trinajstić information content (AvgIpc) is 3.02. The first-order valence-electron chi connectivity index (χ1n) is 7.19. The van der Waals surface area contributed by atoms with Gasteiger partial charge in [-0.3, -0.25) is 4.79 Å². The Morgan fingerprint density at radius 2 is 1.92 bits per heavy atom. The molecule has 1 aromatic heterocycles. The third-order valence-corrected chi connectivity index (χ3v) is 5.28. The molecule has 2 rings (SSSR count). The van der Waals surface area contributed by atoms with Crippen molar-refractivity contribution in [2.24, 2.45) is 0 Å². The summed E-state index contributed by atoms with van der Waals surface area (Å²) in [7, 11) is -0.652. The van der Waals surface area contributed by atoms with Crippen molar-refractivity contribution in [2.75, 3.05) is 26.1 Å². The van der Waals surface area contributed by atoms with Gasteiger partial charge in [0.25, 0.3) is 0 Å². The molecule has 9 nitrogen and oxygen atoms in total. The number of benzene rings is 1. The molecular formula is C14H18N4O5S2. The molecule has 0 saturated heterocycles. The molecule has 0 saturated carbocycles. The van der Waals surface area contributed by atoms with Crippen LogP contribution in [0.4, 0.5) is 5.13 Å². The fourth-order valence-electron chi connectivity index (χ4n) is 1.80. The summed E-state index contributed by atoms with van der Waals surface area (Å²) in [5, 5.41) is 11.2. The van der Waals surface area contributed by atoms with Crippen LogP contribution < -0.4 is 14.8 Å². The fourth-order valence-corrected chi connectivity index (χ4v) is 3.56. The Balaban J connectivity index is 1.82. The number of nitrogens with one attached hydrogen (secondary N) is 2. The molecule has 0 radical (unpaired) electrons. The summed E-state index contributed by atoms with van der Waals surface area (Å²) in [6, 6.07) is 5.96.